The lowest BCUT2D eigenvalue weighted by molar-refractivity contribution is -0.138. The van der Waals surface area contributed by atoms with E-state index in [0.717, 1.165) is 44.9 Å². The van der Waals surface area contributed by atoms with Crippen molar-refractivity contribution in [1.29, 1.82) is 0 Å². The van der Waals surface area contributed by atoms with Gasteiger partial charge in [0.25, 0.3) is 5.91 Å². The number of pyridine rings is 1. The van der Waals surface area contributed by atoms with E-state index in [1.807, 2.05) is 29.2 Å². The highest BCUT2D eigenvalue weighted by atomic mass is 35.5. The Morgan fingerprint density at radius 2 is 2.13 bits per heavy atom. The van der Waals surface area contributed by atoms with Gasteiger partial charge in [-0.3, -0.25) is 9.78 Å². The fourth-order valence-electron chi connectivity index (χ4n) is 4.13. The van der Waals surface area contributed by atoms with Crippen LogP contribution in [-0.2, 0) is 11.2 Å². The standard InChI is InChI=1S/C22H22ClN3O3S/c1-12(27)19-11-17-21(30-19)15(2-3-25-17)16-10-14(23)8-13-9-18(29-20(13)16)22(28)26-6-4-24-5-7-26/h2-3,8,10-12,18,24,27H,4-7,9H2,1H3. The number of hydrogen-bond acceptors (Lipinski definition) is 6. The molecule has 5 rings (SSSR count). The molecule has 0 radical (unpaired) electrons. The number of carbonyl (C=O) groups is 1. The number of carbonyl (C=O) groups excluding carboxylic acids is 1. The number of ether oxygens (including phenoxy) is 1. The Morgan fingerprint density at radius 3 is 2.90 bits per heavy atom. The van der Waals surface area contributed by atoms with Gasteiger partial charge < -0.3 is 20.1 Å². The van der Waals surface area contributed by atoms with Gasteiger partial charge in [0.15, 0.2) is 6.10 Å². The molecule has 2 aliphatic heterocycles. The summed E-state index contributed by atoms with van der Waals surface area (Å²) in [5.41, 5.74) is 3.59. The maximum absolute atomic E-state index is 13.0. The van der Waals surface area contributed by atoms with Crippen LogP contribution in [0.3, 0.4) is 0 Å². The summed E-state index contributed by atoms with van der Waals surface area (Å²) < 4.78 is 7.20. The third-order valence-corrected chi connectivity index (χ3v) is 7.18. The molecule has 2 N–H and O–H groups in total. The summed E-state index contributed by atoms with van der Waals surface area (Å²) in [5.74, 6) is 0.745. The minimum absolute atomic E-state index is 0.0298. The molecule has 2 unspecified atom stereocenters. The van der Waals surface area contributed by atoms with Crippen LogP contribution < -0.4 is 10.1 Å². The number of aliphatic hydroxyl groups excluding tert-OH is 1. The van der Waals surface area contributed by atoms with Crippen molar-refractivity contribution < 1.29 is 14.6 Å². The van der Waals surface area contributed by atoms with Gasteiger partial charge in [-0.25, -0.2) is 0 Å². The normalized spacial score (nSPS) is 19.6. The average molecular weight is 444 g/mol. The SMILES string of the molecule is CC(O)c1cc2nccc(-c3cc(Cl)cc4c3OC(C(=O)N3CCNCC3)C4)c2s1. The summed E-state index contributed by atoms with van der Waals surface area (Å²) >= 11 is 7.96. The van der Waals surface area contributed by atoms with Gasteiger partial charge >= 0.3 is 0 Å². The second kappa shape index (κ2) is 7.81. The first-order valence-corrected chi connectivity index (χ1v) is 11.3. The number of halogens is 1. The third kappa shape index (κ3) is 3.46. The van der Waals surface area contributed by atoms with Gasteiger partial charge in [0.05, 0.1) is 16.3 Å². The van der Waals surface area contributed by atoms with E-state index in [4.69, 9.17) is 16.3 Å². The predicted molar refractivity (Wildman–Crippen MR) is 118 cm³/mol. The van der Waals surface area contributed by atoms with Gasteiger partial charge in [-0.1, -0.05) is 11.6 Å². The van der Waals surface area contributed by atoms with E-state index in [9.17, 15) is 9.90 Å². The molecule has 8 heteroatoms. The number of hydrogen-bond donors (Lipinski definition) is 2. The first-order valence-electron chi connectivity index (χ1n) is 10.1. The molecular formula is C22H22ClN3O3S. The van der Waals surface area contributed by atoms with Crippen LogP contribution in [0, 0.1) is 0 Å². The van der Waals surface area contributed by atoms with Crippen LogP contribution in [0.2, 0.25) is 5.02 Å². The molecule has 3 aromatic rings. The maximum atomic E-state index is 13.0. The quantitative estimate of drug-likeness (QED) is 0.649. The van der Waals surface area contributed by atoms with Crippen LogP contribution >= 0.6 is 22.9 Å². The molecule has 2 atom stereocenters. The van der Waals surface area contributed by atoms with E-state index in [-0.39, 0.29) is 5.91 Å². The maximum Gasteiger partial charge on any atom is 0.264 e. The second-order valence-corrected chi connectivity index (χ2v) is 9.25. The monoisotopic (exact) mass is 443 g/mol. The molecule has 1 aromatic carbocycles. The summed E-state index contributed by atoms with van der Waals surface area (Å²) in [7, 11) is 0. The van der Waals surface area contributed by atoms with Crippen LogP contribution in [0.15, 0.2) is 30.5 Å². The zero-order valence-electron chi connectivity index (χ0n) is 16.5. The third-order valence-electron chi connectivity index (χ3n) is 5.63. The highest BCUT2D eigenvalue weighted by Gasteiger charge is 2.35. The number of fused-ring (bicyclic) bond motifs is 2. The number of benzene rings is 1. The molecule has 0 bridgehead atoms. The van der Waals surface area contributed by atoms with E-state index in [1.165, 1.54) is 11.3 Å². The number of piperazine rings is 1. The van der Waals surface area contributed by atoms with Crippen molar-refractivity contribution in [2.45, 2.75) is 25.6 Å². The summed E-state index contributed by atoms with van der Waals surface area (Å²) in [6.45, 7) is 4.76. The second-order valence-electron chi connectivity index (χ2n) is 7.73. The lowest BCUT2D eigenvalue weighted by Crippen LogP contribution is -2.50. The summed E-state index contributed by atoms with van der Waals surface area (Å²) in [6, 6.07) is 7.62. The van der Waals surface area contributed by atoms with Gasteiger partial charge in [-0.05, 0) is 31.2 Å². The Balaban J connectivity index is 1.54. The fourth-order valence-corrected chi connectivity index (χ4v) is 5.45. The molecule has 2 aliphatic rings. The summed E-state index contributed by atoms with van der Waals surface area (Å²) in [6.07, 6.45) is 1.19. The summed E-state index contributed by atoms with van der Waals surface area (Å²) in [5, 5.41) is 13.9. The number of aromatic nitrogens is 1. The zero-order valence-corrected chi connectivity index (χ0v) is 18.1. The molecular weight excluding hydrogens is 422 g/mol. The van der Waals surface area contributed by atoms with Crippen LogP contribution in [-0.4, -0.2) is 53.2 Å². The van der Waals surface area contributed by atoms with Gasteiger partial charge in [-0.15, -0.1) is 11.3 Å². The molecule has 1 fully saturated rings. The van der Waals surface area contributed by atoms with Gasteiger partial charge in [0.1, 0.15) is 5.75 Å². The molecule has 1 amide bonds. The highest BCUT2D eigenvalue weighted by Crippen LogP contribution is 2.45. The smallest absolute Gasteiger partial charge is 0.264 e. The molecule has 4 heterocycles. The molecule has 2 aromatic heterocycles. The van der Waals surface area contributed by atoms with E-state index in [0.29, 0.717) is 30.3 Å². The van der Waals surface area contributed by atoms with Crippen molar-refractivity contribution in [1.82, 2.24) is 15.2 Å². The number of amides is 1. The minimum atomic E-state index is -0.556. The molecule has 0 aliphatic carbocycles. The Kier molecular flexibility index (Phi) is 5.14. The van der Waals surface area contributed by atoms with Gasteiger partial charge in [0, 0.05) is 65.4 Å². The van der Waals surface area contributed by atoms with E-state index in [2.05, 4.69) is 10.3 Å². The highest BCUT2D eigenvalue weighted by molar-refractivity contribution is 7.19. The topological polar surface area (TPSA) is 74.7 Å². The van der Waals surface area contributed by atoms with Crippen molar-refractivity contribution in [3.63, 3.8) is 0 Å². The van der Waals surface area contributed by atoms with E-state index < -0.39 is 12.2 Å². The lowest BCUT2D eigenvalue weighted by Gasteiger charge is -2.29. The molecule has 6 nitrogen and oxygen atoms in total. The first-order chi connectivity index (χ1) is 14.5. The van der Waals surface area contributed by atoms with Crippen LogP contribution in [0.5, 0.6) is 5.75 Å². The number of aliphatic hydroxyl groups is 1. The molecule has 0 spiro atoms. The largest absolute Gasteiger partial charge is 0.479 e. The first kappa shape index (κ1) is 19.8. The van der Waals surface area contributed by atoms with Gasteiger partial charge in [-0.2, -0.15) is 0 Å². The number of nitrogens with zero attached hydrogens (tertiary/aromatic N) is 2. The average Bonchev–Trinajstić information content (AvgIpc) is 3.37. The van der Waals surface area contributed by atoms with Crippen molar-refractivity contribution in [3.8, 4) is 16.9 Å². The van der Waals surface area contributed by atoms with E-state index >= 15 is 0 Å². The van der Waals surface area contributed by atoms with Crippen molar-refractivity contribution in [2.24, 2.45) is 0 Å². The number of rotatable bonds is 3. The number of thiophene rings is 1. The molecule has 156 valence electrons. The summed E-state index contributed by atoms with van der Waals surface area (Å²) in [4.78, 5) is 20.2. The van der Waals surface area contributed by atoms with E-state index in [1.54, 1.807) is 13.1 Å². The predicted octanol–water partition coefficient (Wildman–Crippen LogP) is 3.41. The van der Waals surface area contributed by atoms with Crippen LogP contribution in [0.4, 0.5) is 0 Å². The Labute approximate surface area is 183 Å². The molecule has 30 heavy (non-hydrogen) atoms. The number of nitrogens with one attached hydrogen (secondary N) is 1. The lowest BCUT2D eigenvalue weighted by atomic mass is 10.0. The Morgan fingerprint density at radius 1 is 1.33 bits per heavy atom. The Bertz CT molecular complexity index is 1120. The van der Waals surface area contributed by atoms with Crippen LogP contribution in [0.1, 0.15) is 23.5 Å². The minimum Gasteiger partial charge on any atom is -0.479 e. The van der Waals surface area contributed by atoms with Crippen LogP contribution in [0.25, 0.3) is 21.3 Å². The molecule has 1 saturated heterocycles. The Hall–Kier alpha value is -2.19. The van der Waals surface area contributed by atoms with Crippen molar-refractivity contribution >= 4 is 39.1 Å². The van der Waals surface area contributed by atoms with Gasteiger partial charge in [0.2, 0.25) is 0 Å². The van der Waals surface area contributed by atoms with Crippen molar-refractivity contribution in [2.75, 3.05) is 26.2 Å². The van der Waals surface area contributed by atoms with Crippen molar-refractivity contribution in [3.05, 3.63) is 45.9 Å². The zero-order chi connectivity index (χ0) is 20.8. The molecule has 0 saturated carbocycles. The fraction of sp³-hybridized carbons (Fsp3) is 0.364.